The van der Waals surface area contributed by atoms with Crippen molar-refractivity contribution in [3.05, 3.63) is 54.1 Å². The number of anilines is 1. The summed E-state index contributed by atoms with van der Waals surface area (Å²) in [4.78, 5) is 6.93. The van der Waals surface area contributed by atoms with Gasteiger partial charge >= 0.3 is 0 Å². The van der Waals surface area contributed by atoms with Crippen LogP contribution in [0.4, 0.5) is 5.95 Å². The molecule has 5 nitrogen and oxygen atoms in total. The number of aromatic nitrogens is 2. The van der Waals surface area contributed by atoms with E-state index in [0.29, 0.717) is 6.54 Å². The zero-order chi connectivity index (χ0) is 16.9. The molecule has 0 amide bonds. The van der Waals surface area contributed by atoms with Crippen LogP contribution in [0, 0.1) is 0 Å². The lowest BCUT2D eigenvalue weighted by Crippen LogP contribution is -2.19. The Morgan fingerprint density at radius 2 is 1.83 bits per heavy atom. The third kappa shape index (κ3) is 3.51. The molecule has 0 aliphatic rings. The quantitative estimate of drug-likeness (QED) is 0.724. The highest BCUT2D eigenvalue weighted by Crippen LogP contribution is 2.22. The monoisotopic (exact) mass is 324 g/mol. The molecule has 0 aliphatic heterocycles. The van der Waals surface area contributed by atoms with Crippen LogP contribution in [-0.2, 0) is 13.1 Å². The first-order valence-electron chi connectivity index (χ1n) is 8.15. The minimum atomic E-state index is 0.676. The molecule has 0 radical (unpaired) electrons. The van der Waals surface area contributed by atoms with Crippen molar-refractivity contribution in [1.82, 2.24) is 14.5 Å². The van der Waals surface area contributed by atoms with Gasteiger partial charge in [-0.3, -0.25) is 0 Å². The number of fused-ring (bicyclic) bond motifs is 1. The maximum atomic E-state index is 5.43. The molecule has 0 spiro atoms. The number of hydrogen-bond donors (Lipinski definition) is 1. The van der Waals surface area contributed by atoms with Crippen LogP contribution in [0.25, 0.3) is 11.0 Å². The van der Waals surface area contributed by atoms with Gasteiger partial charge in [0.25, 0.3) is 0 Å². The molecule has 0 saturated heterocycles. The zero-order valence-corrected chi connectivity index (χ0v) is 14.5. The standard InChI is InChI=1S/C19H24N4O/c1-22(2)12-13-23-17-10-6-5-9-16(17)21-19(23)20-14-15-8-4-7-11-18(15)24-3/h4-11H,12-14H2,1-3H3,(H,20,21). The van der Waals surface area contributed by atoms with Gasteiger partial charge in [-0.15, -0.1) is 0 Å². The summed E-state index contributed by atoms with van der Waals surface area (Å²) in [5.41, 5.74) is 3.28. The summed E-state index contributed by atoms with van der Waals surface area (Å²) in [5, 5.41) is 3.47. The van der Waals surface area contributed by atoms with Crippen LogP contribution in [0.15, 0.2) is 48.5 Å². The van der Waals surface area contributed by atoms with E-state index in [-0.39, 0.29) is 0 Å². The number of rotatable bonds is 7. The lowest BCUT2D eigenvalue weighted by molar-refractivity contribution is 0.387. The lowest BCUT2D eigenvalue weighted by atomic mass is 10.2. The molecular weight excluding hydrogens is 300 g/mol. The van der Waals surface area contributed by atoms with Crippen molar-refractivity contribution in [2.24, 2.45) is 0 Å². The molecule has 1 aromatic heterocycles. The molecule has 2 aromatic carbocycles. The van der Waals surface area contributed by atoms with E-state index in [0.717, 1.165) is 41.4 Å². The van der Waals surface area contributed by atoms with E-state index in [1.807, 2.05) is 24.3 Å². The highest BCUT2D eigenvalue weighted by Gasteiger charge is 2.11. The van der Waals surface area contributed by atoms with E-state index in [1.54, 1.807) is 7.11 Å². The number of methoxy groups -OCH3 is 1. The number of likely N-dealkylation sites (N-methyl/N-ethyl adjacent to an activating group) is 1. The van der Waals surface area contributed by atoms with Crippen LogP contribution < -0.4 is 10.1 Å². The first kappa shape index (κ1) is 16.3. The van der Waals surface area contributed by atoms with Gasteiger partial charge in [-0.05, 0) is 32.3 Å². The number of imidazole rings is 1. The number of ether oxygens (including phenoxy) is 1. The normalized spacial score (nSPS) is 11.2. The van der Waals surface area contributed by atoms with Crippen molar-refractivity contribution < 1.29 is 4.74 Å². The smallest absolute Gasteiger partial charge is 0.204 e. The van der Waals surface area contributed by atoms with Crippen LogP contribution in [0.5, 0.6) is 5.75 Å². The second-order valence-electron chi connectivity index (χ2n) is 6.04. The Morgan fingerprint density at radius 1 is 1.08 bits per heavy atom. The van der Waals surface area contributed by atoms with Crippen molar-refractivity contribution in [2.75, 3.05) is 33.1 Å². The first-order chi connectivity index (χ1) is 11.7. The molecule has 0 atom stereocenters. The van der Waals surface area contributed by atoms with Gasteiger partial charge in [-0.2, -0.15) is 0 Å². The highest BCUT2D eigenvalue weighted by molar-refractivity contribution is 5.78. The van der Waals surface area contributed by atoms with Gasteiger partial charge < -0.3 is 19.5 Å². The van der Waals surface area contributed by atoms with Gasteiger partial charge in [0.05, 0.1) is 18.1 Å². The Kier molecular flexibility index (Phi) is 5.01. The second-order valence-corrected chi connectivity index (χ2v) is 6.04. The third-order valence-electron chi connectivity index (χ3n) is 4.05. The first-order valence-corrected chi connectivity index (χ1v) is 8.15. The molecule has 1 heterocycles. The number of hydrogen-bond acceptors (Lipinski definition) is 4. The van der Waals surface area contributed by atoms with Gasteiger partial charge in [0.1, 0.15) is 5.75 Å². The zero-order valence-electron chi connectivity index (χ0n) is 14.5. The van der Waals surface area contributed by atoms with Crippen LogP contribution >= 0.6 is 0 Å². The Balaban J connectivity index is 1.86. The van der Waals surface area contributed by atoms with E-state index >= 15 is 0 Å². The highest BCUT2D eigenvalue weighted by atomic mass is 16.5. The fourth-order valence-electron chi connectivity index (χ4n) is 2.76. The van der Waals surface area contributed by atoms with Crippen molar-refractivity contribution in [3.63, 3.8) is 0 Å². The predicted molar refractivity (Wildman–Crippen MR) is 98.6 cm³/mol. The number of para-hydroxylation sites is 3. The Hall–Kier alpha value is -2.53. The summed E-state index contributed by atoms with van der Waals surface area (Å²) in [6.45, 7) is 2.53. The fraction of sp³-hybridized carbons (Fsp3) is 0.316. The van der Waals surface area contributed by atoms with Gasteiger partial charge in [0.15, 0.2) is 0 Å². The SMILES string of the molecule is COc1ccccc1CNc1nc2ccccc2n1CCN(C)C. The second kappa shape index (κ2) is 7.36. The van der Waals surface area contributed by atoms with E-state index in [4.69, 9.17) is 9.72 Å². The largest absolute Gasteiger partial charge is 0.496 e. The summed E-state index contributed by atoms with van der Waals surface area (Å²) < 4.78 is 7.67. The van der Waals surface area contributed by atoms with Crippen LogP contribution in [0.2, 0.25) is 0 Å². The molecule has 3 aromatic rings. The Bertz CT molecular complexity index is 810. The van der Waals surface area contributed by atoms with Crippen molar-refractivity contribution in [2.45, 2.75) is 13.1 Å². The molecule has 24 heavy (non-hydrogen) atoms. The number of nitrogens with zero attached hydrogens (tertiary/aromatic N) is 3. The van der Waals surface area contributed by atoms with Gasteiger partial charge in [-0.1, -0.05) is 30.3 Å². The molecule has 0 aliphatic carbocycles. The average molecular weight is 324 g/mol. The summed E-state index contributed by atoms with van der Waals surface area (Å²) in [7, 11) is 5.87. The predicted octanol–water partition coefficient (Wildman–Crippen LogP) is 3.22. The third-order valence-corrected chi connectivity index (χ3v) is 4.05. The molecule has 0 bridgehead atoms. The lowest BCUT2D eigenvalue weighted by Gasteiger charge is -2.15. The van der Waals surface area contributed by atoms with E-state index in [9.17, 15) is 0 Å². The molecule has 5 heteroatoms. The van der Waals surface area contributed by atoms with Crippen molar-refractivity contribution in [3.8, 4) is 5.75 Å². The minimum Gasteiger partial charge on any atom is -0.496 e. The van der Waals surface area contributed by atoms with Crippen LogP contribution in [-0.4, -0.2) is 42.2 Å². The van der Waals surface area contributed by atoms with Gasteiger partial charge in [0, 0.05) is 25.2 Å². The molecule has 1 N–H and O–H groups in total. The number of benzene rings is 2. The summed E-state index contributed by atoms with van der Waals surface area (Å²) in [6, 6.07) is 16.3. The van der Waals surface area contributed by atoms with Gasteiger partial charge in [-0.25, -0.2) is 4.98 Å². The molecule has 126 valence electrons. The summed E-state index contributed by atoms with van der Waals surface area (Å²) in [5.74, 6) is 1.78. The maximum absolute atomic E-state index is 5.43. The molecule has 0 unspecified atom stereocenters. The fourth-order valence-corrected chi connectivity index (χ4v) is 2.76. The maximum Gasteiger partial charge on any atom is 0.204 e. The van der Waals surface area contributed by atoms with Crippen LogP contribution in [0.3, 0.4) is 0 Å². The van der Waals surface area contributed by atoms with Gasteiger partial charge in [0.2, 0.25) is 5.95 Å². The topological polar surface area (TPSA) is 42.3 Å². The average Bonchev–Trinajstić information content (AvgIpc) is 2.96. The Morgan fingerprint density at radius 3 is 2.62 bits per heavy atom. The molecular formula is C19H24N4O. The Labute approximate surface area is 142 Å². The molecule has 0 saturated carbocycles. The van der Waals surface area contributed by atoms with E-state index in [2.05, 4.69) is 53.1 Å². The van der Waals surface area contributed by atoms with E-state index in [1.165, 1.54) is 0 Å². The van der Waals surface area contributed by atoms with Crippen molar-refractivity contribution >= 4 is 17.0 Å². The van der Waals surface area contributed by atoms with Crippen LogP contribution in [0.1, 0.15) is 5.56 Å². The number of nitrogens with one attached hydrogen (secondary N) is 1. The summed E-state index contributed by atoms with van der Waals surface area (Å²) >= 11 is 0. The van der Waals surface area contributed by atoms with E-state index < -0.39 is 0 Å². The molecule has 0 fully saturated rings. The van der Waals surface area contributed by atoms with Crippen molar-refractivity contribution in [1.29, 1.82) is 0 Å². The minimum absolute atomic E-state index is 0.676. The summed E-state index contributed by atoms with van der Waals surface area (Å²) in [6.07, 6.45) is 0. The molecule has 3 rings (SSSR count).